The van der Waals surface area contributed by atoms with Crippen molar-refractivity contribution in [1.29, 1.82) is 0 Å². The summed E-state index contributed by atoms with van der Waals surface area (Å²) >= 11 is 0. The van der Waals surface area contributed by atoms with E-state index in [4.69, 9.17) is 23.7 Å². The molecule has 4 aromatic rings. The Labute approximate surface area is 220 Å². The number of hydrogen-bond acceptors (Lipinski definition) is 8. The number of nitrogens with one attached hydrogen (secondary N) is 1. The molecule has 1 heterocycles. The monoisotopic (exact) mass is 542 g/mol. The van der Waals surface area contributed by atoms with E-state index in [1.54, 1.807) is 42.6 Å². The molecule has 0 bridgehead atoms. The van der Waals surface area contributed by atoms with Crippen molar-refractivity contribution in [3.8, 4) is 28.7 Å². The molecule has 0 fully saturated rings. The second-order valence-electron chi connectivity index (χ2n) is 8.09. The molecule has 1 atom stereocenters. The maximum absolute atomic E-state index is 14.4. The van der Waals surface area contributed by atoms with Crippen molar-refractivity contribution in [3.63, 3.8) is 0 Å². The van der Waals surface area contributed by atoms with Crippen LogP contribution in [0.3, 0.4) is 0 Å². The summed E-state index contributed by atoms with van der Waals surface area (Å²) in [4.78, 5) is 4.27. The zero-order valence-corrected chi connectivity index (χ0v) is 22.3. The minimum absolute atomic E-state index is 0.0721. The number of rotatable bonds is 10. The lowest BCUT2D eigenvalue weighted by Gasteiger charge is -2.22. The van der Waals surface area contributed by atoms with Crippen LogP contribution in [-0.2, 0) is 10.0 Å². The van der Waals surface area contributed by atoms with Gasteiger partial charge >= 0.3 is 0 Å². The minimum Gasteiger partial charge on any atom is -0.494 e. The van der Waals surface area contributed by atoms with Crippen LogP contribution < -0.4 is 28.4 Å². The first-order chi connectivity index (χ1) is 18.3. The summed E-state index contributed by atoms with van der Waals surface area (Å²) in [7, 11) is 3.07. The average molecular weight is 543 g/mol. The van der Waals surface area contributed by atoms with Crippen LogP contribution >= 0.6 is 0 Å². The smallest absolute Gasteiger partial charge is 0.241 e. The van der Waals surface area contributed by atoms with E-state index in [0.717, 1.165) is 11.5 Å². The van der Waals surface area contributed by atoms with Gasteiger partial charge in [0.2, 0.25) is 10.0 Å². The molecule has 0 saturated heterocycles. The van der Waals surface area contributed by atoms with Crippen LogP contribution in [-0.4, -0.2) is 49.0 Å². The molecule has 200 valence electrons. The summed E-state index contributed by atoms with van der Waals surface area (Å²) in [5.74, 6) is 0.932. The third-order valence-corrected chi connectivity index (χ3v) is 7.44. The molecule has 1 N–H and O–H groups in total. The maximum Gasteiger partial charge on any atom is 0.241 e. The Kier molecular flexibility index (Phi) is 7.88. The van der Waals surface area contributed by atoms with Gasteiger partial charge in [-0.15, -0.1) is 0 Å². The van der Waals surface area contributed by atoms with Crippen LogP contribution in [0.5, 0.6) is 28.7 Å². The fourth-order valence-electron chi connectivity index (χ4n) is 4.10. The van der Waals surface area contributed by atoms with E-state index < -0.39 is 21.9 Å². The molecule has 0 aliphatic rings. The molecule has 0 aliphatic carbocycles. The van der Waals surface area contributed by atoms with Crippen molar-refractivity contribution in [2.24, 2.45) is 0 Å². The van der Waals surface area contributed by atoms with Crippen molar-refractivity contribution in [2.75, 3.05) is 35.5 Å². The molecule has 0 amide bonds. The lowest BCUT2D eigenvalue weighted by atomic mass is 9.98. The first kappa shape index (κ1) is 27.0. The summed E-state index contributed by atoms with van der Waals surface area (Å²) in [6.07, 6.45) is 1.57. The van der Waals surface area contributed by atoms with Crippen molar-refractivity contribution < 1.29 is 36.5 Å². The fraction of sp³-hybridized carbons (Fsp3) is 0.222. The van der Waals surface area contributed by atoms with E-state index in [1.807, 2.05) is 0 Å². The van der Waals surface area contributed by atoms with Crippen LogP contribution in [0, 0.1) is 5.82 Å². The molecule has 9 nitrogen and oxygen atoms in total. The quantitative estimate of drug-likeness (QED) is 0.313. The number of pyridine rings is 1. The molecule has 1 aromatic heterocycles. The van der Waals surface area contributed by atoms with Crippen molar-refractivity contribution in [2.45, 2.75) is 10.9 Å². The number of fused-ring (bicyclic) bond motifs is 1. The van der Waals surface area contributed by atoms with Crippen LogP contribution in [0.25, 0.3) is 10.8 Å². The highest BCUT2D eigenvalue weighted by molar-refractivity contribution is 7.89. The second-order valence-corrected chi connectivity index (χ2v) is 9.80. The van der Waals surface area contributed by atoms with Gasteiger partial charge in [-0.2, -0.15) is 4.72 Å². The number of halogens is 1. The Morgan fingerprint density at radius 1 is 0.737 bits per heavy atom. The number of benzene rings is 3. The van der Waals surface area contributed by atoms with Gasteiger partial charge in [0.15, 0.2) is 34.6 Å². The van der Waals surface area contributed by atoms with Gasteiger partial charge in [-0.05, 0) is 59.5 Å². The highest BCUT2D eigenvalue weighted by Crippen LogP contribution is 2.38. The molecule has 3 aromatic carbocycles. The van der Waals surface area contributed by atoms with Crippen LogP contribution in [0.4, 0.5) is 4.39 Å². The molecule has 38 heavy (non-hydrogen) atoms. The Morgan fingerprint density at radius 2 is 1.34 bits per heavy atom. The van der Waals surface area contributed by atoms with Gasteiger partial charge in [0.1, 0.15) is 0 Å². The third kappa shape index (κ3) is 5.15. The van der Waals surface area contributed by atoms with Crippen LogP contribution in [0.2, 0.25) is 0 Å². The van der Waals surface area contributed by atoms with E-state index in [-0.39, 0.29) is 10.6 Å². The van der Waals surface area contributed by atoms with Gasteiger partial charge in [-0.3, -0.25) is 4.98 Å². The highest BCUT2D eigenvalue weighted by Gasteiger charge is 2.28. The molecule has 0 radical (unpaired) electrons. The number of aromatic nitrogens is 1. The Hall–Kier alpha value is -4.09. The molecule has 11 heteroatoms. The molecule has 0 spiro atoms. The molecular formula is C27H27FN2O7S. The van der Waals surface area contributed by atoms with Crippen LogP contribution in [0.15, 0.2) is 65.7 Å². The molecule has 4 rings (SSSR count). The lowest BCUT2D eigenvalue weighted by molar-refractivity contribution is 0.354. The molecular weight excluding hydrogens is 515 g/mol. The van der Waals surface area contributed by atoms with Gasteiger partial charge < -0.3 is 23.7 Å². The standard InChI is InChI=1S/C27H27FN2O7S/c1-33-21-9-7-18(14-20(21)28)38(31,32)30-26(17-6-8-22(34-2)23(13-17)35-3)27-19-15-25(37-5)24(36-4)12-16(19)10-11-29-27/h6-15,26,30H,1-5H3. The Bertz CT molecular complexity index is 1580. The van der Waals surface area contributed by atoms with Gasteiger partial charge in [-0.25, -0.2) is 12.8 Å². The number of ether oxygens (including phenoxy) is 5. The largest absolute Gasteiger partial charge is 0.494 e. The lowest BCUT2D eigenvalue weighted by Crippen LogP contribution is -2.30. The molecule has 0 aliphatic heterocycles. The van der Waals surface area contributed by atoms with E-state index in [0.29, 0.717) is 39.6 Å². The fourth-order valence-corrected chi connectivity index (χ4v) is 5.30. The maximum atomic E-state index is 14.4. The Morgan fingerprint density at radius 3 is 1.97 bits per heavy atom. The van der Waals surface area contributed by atoms with Crippen LogP contribution in [0.1, 0.15) is 17.3 Å². The number of hydrogen-bond donors (Lipinski definition) is 1. The summed E-state index contributed by atoms with van der Waals surface area (Å²) < 4.78 is 70.8. The Balaban J connectivity index is 1.93. The number of methoxy groups -OCH3 is 5. The minimum atomic E-state index is -4.25. The predicted molar refractivity (Wildman–Crippen MR) is 140 cm³/mol. The summed E-state index contributed by atoms with van der Waals surface area (Å²) in [6.45, 7) is 0. The first-order valence-electron chi connectivity index (χ1n) is 11.3. The van der Waals surface area contributed by atoms with E-state index in [9.17, 15) is 12.8 Å². The predicted octanol–water partition coefficient (Wildman–Crippen LogP) is 4.48. The topological polar surface area (TPSA) is 105 Å². The van der Waals surface area contributed by atoms with Gasteiger partial charge in [-0.1, -0.05) is 6.07 Å². The average Bonchev–Trinajstić information content (AvgIpc) is 2.94. The van der Waals surface area contributed by atoms with E-state index in [1.165, 1.54) is 47.7 Å². The zero-order chi connectivity index (χ0) is 27.4. The summed E-state index contributed by atoms with van der Waals surface area (Å²) in [5.41, 5.74) is 0.892. The van der Waals surface area contributed by atoms with E-state index >= 15 is 0 Å². The highest BCUT2D eigenvalue weighted by atomic mass is 32.2. The van der Waals surface area contributed by atoms with Crippen molar-refractivity contribution in [1.82, 2.24) is 9.71 Å². The van der Waals surface area contributed by atoms with Gasteiger partial charge in [0, 0.05) is 11.6 Å². The summed E-state index contributed by atoms with van der Waals surface area (Å²) in [6, 6.07) is 12.7. The third-order valence-electron chi connectivity index (χ3n) is 6.02. The van der Waals surface area contributed by atoms with Crippen molar-refractivity contribution >= 4 is 20.8 Å². The normalized spacial score (nSPS) is 12.2. The van der Waals surface area contributed by atoms with E-state index in [2.05, 4.69) is 9.71 Å². The summed E-state index contributed by atoms with van der Waals surface area (Å²) in [5, 5.41) is 1.36. The van der Waals surface area contributed by atoms with Crippen molar-refractivity contribution in [3.05, 3.63) is 77.9 Å². The van der Waals surface area contributed by atoms with Gasteiger partial charge in [0.05, 0.1) is 52.2 Å². The number of sulfonamides is 1. The molecule has 1 unspecified atom stereocenters. The SMILES string of the molecule is COc1ccc(S(=O)(=O)NC(c2ccc(OC)c(OC)c2)c2nccc3cc(OC)c(OC)cc23)cc1F. The molecule has 0 saturated carbocycles. The number of nitrogens with zero attached hydrogens (tertiary/aromatic N) is 1. The second kappa shape index (κ2) is 11.1. The first-order valence-corrected chi connectivity index (χ1v) is 12.8. The zero-order valence-electron chi connectivity index (χ0n) is 21.4. The van der Waals surface area contributed by atoms with Gasteiger partial charge in [0.25, 0.3) is 0 Å².